The molecule has 1 aromatic carbocycles. The van der Waals surface area contributed by atoms with Crippen LogP contribution in [0.4, 0.5) is 10.4 Å². The Morgan fingerprint density at radius 1 is 1.62 bits per heavy atom. The Balaban J connectivity index is 2.39. The maximum absolute atomic E-state index is 13.3. The number of nitrogens with zero attached hydrogens (tertiary/aromatic N) is 2. The van der Waals surface area contributed by atoms with E-state index in [1.54, 1.807) is 6.07 Å². The third-order valence-corrected chi connectivity index (χ3v) is 2.05. The van der Waals surface area contributed by atoms with Gasteiger partial charge in [-0.2, -0.15) is 4.98 Å². The lowest BCUT2D eigenvalue weighted by Gasteiger charge is -2.09. The highest BCUT2D eigenvalue weighted by Gasteiger charge is 2.14. The fourth-order valence-corrected chi connectivity index (χ4v) is 1.34. The number of para-hydroxylation sites is 1. The predicted molar refractivity (Wildman–Crippen MR) is 54.9 cm³/mol. The number of carbonyl (C=O) groups is 1. The zero-order valence-electron chi connectivity index (χ0n) is 8.48. The van der Waals surface area contributed by atoms with E-state index in [4.69, 9.17) is 9.52 Å². The number of rotatable bonds is 3. The largest absolute Gasteiger partial charge is 0.480 e. The molecule has 1 N–H and O–H groups in total. The molecule has 0 saturated carbocycles. The van der Waals surface area contributed by atoms with Gasteiger partial charge in [0.15, 0.2) is 11.4 Å². The lowest BCUT2D eigenvalue weighted by atomic mass is 10.3. The van der Waals surface area contributed by atoms with Gasteiger partial charge in [0, 0.05) is 7.05 Å². The van der Waals surface area contributed by atoms with Crippen molar-refractivity contribution >= 4 is 23.1 Å². The number of likely N-dealkylation sites (N-methyl/N-ethyl adjacent to an activating group) is 1. The molecule has 0 fully saturated rings. The molecule has 1 heterocycles. The van der Waals surface area contributed by atoms with E-state index >= 15 is 0 Å². The highest BCUT2D eigenvalue weighted by Crippen LogP contribution is 2.23. The fourth-order valence-electron chi connectivity index (χ4n) is 1.34. The van der Waals surface area contributed by atoms with Crippen LogP contribution in [0.15, 0.2) is 22.6 Å². The van der Waals surface area contributed by atoms with Gasteiger partial charge in [0.1, 0.15) is 12.1 Å². The molecular formula is C10H9FN2O3. The lowest BCUT2D eigenvalue weighted by molar-refractivity contribution is -0.135. The normalized spacial score (nSPS) is 10.6. The number of halogens is 1. The highest BCUT2D eigenvalue weighted by molar-refractivity contribution is 5.77. The van der Waals surface area contributed by atoms with Gasteiger partial charge in [-0.05, 0) is 12.1 Å². The number of anilines is 1. The molecule has 0 aliphatic carbocycles. The van der Waals surface area contributed by atoms with Crippen molar-refractivity contribution in [3.8, 4) is 0 Å². The monoisotopic (exact) mass is 224 g/mol. The number of carboxylic acid groups (broad SMARTS) is 1. The third-order valence-electron chi connectivity index (χ3n) is 2.05. The van der Waals surface area contributed by atoms with Crippen molar-refractivity contribution in [1.29, 1.82) is 0 Å². The van der Waals surface area contributed by atoms with Gasteiger partial charge in [-0.15, -0.1) is 0 Å². The summed E-state index contributed by atoms with van der Waals surface area (Å²) in [6, 6.07) is 4.46. The van der Waals surface area contributed by atoms with Gasteiger partial charge in [-0.25, -0.2) is 4.39 Å². The topological polar surface area (TPSA) is 66.6 Å². The van der Waals surface area contributed by atoms with Crippen LogP contribution in [0, 0.1) is 5.82 Å². The summed E-state index contributed by atoms with van der Waals surface area (Å²) in [5, 5.41) is 8.59. The molecule has 2 aromatic rings. The molecule has 0 aliphatic rings. The maximum Gasteiger partial charge on any atom is 0.323 e. The summed E-state index contributed by atoms with van der Waals surface area (Å²) in [5.41, 5.74) is 0.405. The van der Waals surface area contributed by atoms with Crippen molar-refractivity contribution < 1.29 is 18.7 Å². The first kappa shape index (κ1) is 10.4. The van der Waals surface area contributed by atoms with Crippen LogP contribution in [0.1, 0.15) is 0 Å². The van der Waals surface area contributed by atoms with Crippen molar-refractivity contribution in [3.63, 3.8) is 0 Å². The van der Waals surface area contributed by atoms with Crippen molar-refractivity contribution in [2.45, 2.75) is 0 Å². The Labute approximate surface area is 90.1 Å². The molecule has 2 rings (SSSR count). The minimum absolute atomic E-state index is 0.0368. The number of aromatic nitrogens is 1. The van der Waals surface area contributed by atoms with Crippen molar-refractivity contribution in [1.82, 2.24) is 4.98 Å². The number of oxazole rings is 1. The van der Waals surface area contributed by atoms with Gasteiger partial charge in [0.25, 0.3) is 6.01 Å². The summed E-state index contributed by atoms with van der Waals surface area (Å²) in [6.45, 7) is -0.256. The Bertz CT molecular complexity index is 538. The number of aliphatic carboxylic acids is 1. The number of fused-ring (bicyclic) bond motifs is 1. The van der Waals surface area contributed by atoms with Crippen molar-refractivity contribution in [2.75, 3.05) is 18.5 Å². The Hall–Kier alpha value is -2.11. The zero-order chi connectivity index (χ0) is 11.7. The molecule has 16 heavy (non-hydrogen) atoms. The van der Waals surface area contributed by atoms with E-state index in [2.05, 4.69) is 4.98 Å². The van der Waals surface area contributed by atoms with Gasteiger partial charge in [-0.1, -0.05) is 6.07 Å². The molecule has 0 unspecified atom stereocenters. The molecule has 0 saturated heterocycles. The molecule has 0 amide bonds. The quantitative estimate of drug-likeness (QED) is 0.855. The van der Waals surface area contributed by atoms with Gasteiger partial charge in [-0.3, -0.25) is 4.79 Å². The van der Waals surface area contributed by atoms with Crippen LogP contribution in [0.5, 0.6) is 0 Å². The Morgan fingerprint density at radius 3 is 3.00 bits per heavy atom. The number of carboxylic acids is 1. The number of benzene rings is 1. The maximum atomic E-state index is 13.3. The second-order valence-corrected chi connectivity index (χ2v) is 3.33. The van der Waals surface area contributed by atoms with E-state index in [1.165, 1.54) is 24.1 Å². The van der Waals surface area contributed by atoms with E-state index < -0.39 is 11.8 Å². The summed E-state index contributed by atoms with van der Waals surface area (Å²) in [5.74, 6) is -1.52. The molecule has 0 atom stereocenters. The molecule has 0 aliphatic heterocycles. The Morgan fingerprint density at radius 2 is 2.38 bits per heavy atom. The minimum Gasteiger partial charge on any atom is -0.480 e. The number of hydrogen-bond acceptors (Lipinski definition) is 4. The smallest absolute Gasteiger partial charge is 0.323 e. The van der Waals surface area contributed by atoms with Crippen LogP contribution in [-0.4, -0.2) is 29.7 Å². The molecule has 0 spiro atoms. The van der Waals surface area contributed by atoms with E-state index in [0.717, 1.165) is 0 Å². The summed E-state index contributed by atoms with van der Waals surface area (Å²) in [6.07, 6.45) is 0. The average molecular weight is 224 g/mol. The molecule has 0 bridgehead atoms. The first-order chi connectivity index (χ1) is 7.58. The van der Waals surface area contributed by atoms with Gasteiger partial charge < -0.3 is 14.4 Å². The second kappa shape index (κ2) is 3.80. The minimum atomic E-state index is -1.01. The second-order valence-electron chi connectivity index (χ2n) is 3.33. The van der Waals surface area contributed by atoms with Crippen LogP contribution in [0.25, 0.3) is 11.1 Å². The molecule has 84 valence electrons. The Kier molecular flexibility index (Phi) is 2.47. The SMILES string of the molecule is CN(CC(=O)O)c1nc2cccc(F)c2o1. The molecule has 6 heteroatoms. The molecule has 1 aromatic heterocycles. The van der Waals surface area contributed by atoms with E-state index in [-0.39, 0.29) is 18.1 Å². The first-order valence-electron chi connectivity index (χ1n) is 4.56. The van der Waals surface area contributed by atoms with Crippen LogP contribution >= 0.6 is 0 Å². The predicted octanol–water partition coefficient (Wildman–Crippen LogP) is 1.49. The fraction of sp³-hybridized carbons (Fsp3) is 0.200. The zero-order valence-corrected chi connectivity index (χ0v) is 8.48. The van der Waals surface area contributed by atoms with E-state index in [9.17, 15) is 9.18 Å². The summed E-state index contributed by atoms with van der Waals surface area (Å²) in [7, 11) is 1.51. The highest BCUT2D eigenvalue weighted by atomic mass is 19.1. The average Bonchev–Trinajstić information content (AvgIpc) is 2.61. The van der Waals surface area contributed by atoms with Crippen LogP contribution in [0.2, 0.25) is 0 Å². The van der Waals surface area contributed by atoms with Gasteiger partial charge >= 0.3 is 5.97 Å². The van der Waals surface area contributed by atoms with E-state index in [0.29, 0.717) is 5.52 Å². The van der Waals surface area contributed by atoms with Crippen LogP contribution < -0.4 is 4.90 Å². The summed E-state index contributed by atoms with van der Waals surface area (Å²) < 4.78 is 18.4. The van der Waals surface area contributed by atoms with Crippen LogP contribution in [-0.2, 0) is 4.79 Å². The number of hydrogen-bond donors (Lipinski definition) is 1. The first-order valence-corrected chi connectivity index (χ1v) is 4.56. The molecular weight excluding hydrogens is 215 g/mol. The third kappa shape index (κ3) is 1.81. The summed E-state index contributed by atoms with van der Waals surface area (Å²) >= 11 is 0. The lowest BCUT2D eigenvalue weighted by Crippen LogP contribution is -2.25. The van der Waals surface area contributed by atoms with E-state index in [1.807, 2.05) is 0 Å². The molecule has 5 nitrogen and oxygen atoms in total. The van der Waals surface area contributed by atoms with Crippen LogP contribution in [0.3, 0.4) is 0 Å². The molecule has 0 radical (unpaired) electrons. The van der Waals surface area contributed by atoms with Gasteiger partial charge in [0.2, 0.25) is 0 Å². The van der Waals surface area contributed by atoms with Crippen molar-refractivity contribution in [2.24, 2.45) is 0 Å². The van der Waals surface area contributed by atoms with Crippen molar-refractivity contribution in [3.05, 3.63) is 24.0 Å². The summed E-state index contributed by atoms with van der Waals surface area (Å²) in [4.78, 5) is 15.8. The standard InChI is InChI=1S/C10H9FN2O3/c1-13(5-8(14)15)10-12-7-4-2-3-6(11)9(7)16-10/h2-4H,5H2,1H3,(H,14,15). The van der Waals surface area contributed by atoms with Gasteiger partial charge in [0.05, 0.1) is 0 Å².